The largest absolute Gasteiger partial charge is 0.393 e. The van der Waals surface area contributed by atoms with Crippen LogP contribution in [0.15, 0.2) is 18.2 Å². The Kier molecular flexibility index (Phi) is 4.30. The minimum atomic E-state index is -0.795. The number of nitrogens with zero attached hydrogens (tertiary/aromatic N) is 1. The molecule has 0 spiro atoms. The molecule has 1 aliphatic rings. The third kappa shape index (κ3) is 2.87. The Balaban J connectivity index is 2.03. The van der Waals surface area contributed by atoms with Crippen molar-refractivity contribution in [1.29, 1.82) is 0 Å². The second-order valence-corrected chi connectivity index (χ2v) is 4.97. The molecule has 0 radical (unpaired) electrons. The van der Waals surface area contributed by atoms with Gasteiger partial charge in [0.2, 0.25) is 0 Å². The molecule has 4 heteroatoms. The predicted octanol–water partition coefficient (Wildman–Crippen LogP) is 2.56. The van der Waals surface area contributed by atoms with E-state index in [2.05, 4.69) is 4.90 Å². The van der Waals surface area contributed by atoms with Crippen LogP contribution in [0.2, 0.25) is 0 Å². The van der Waals surface area contributed by atoms with Crippen molar-refractivity contribution in [1.82, 2.24) is 4.90 Å². The van der Waals surface area contributed by atoms with Gasteiger partial charge < -0.3 is 5.11 Å². The van der Waals surface area contributed by atoms with Gasteiger partial charge in [0.05, 0.1) is 6.10 Å². The SMILES string of the molecule is CCC1CN(Cc2cccc(F)c2F)CCC1O. The van der Waals surface area contributed by atoms with Crippen LogP contribution in [-0.2, 0) is 6.54 Å². The lowest BCUT2D eigenvalue weighted by Gasteiger charge is -2.35. The molecule has 18 heavy (non-hydrogen) atoms. The first-order valence-corrected chi connectivity index (χ1v) is 6.45. The number of rotatable bonds is 3. The van der Waals surface area contributed by atoms with Gasteiger partial charge in [0.1, 0.15) is 0 Å². The van der Waals surface area contributed by atoms with E-state index in [1.165, 1.54) is 6.07 Å². The number of hydrogen-bond acceptors (Lipinski definition) is 2. The lowest BCUT2D eigenvalue weighted by Crippen LogP contribution is -2.42. The van der Waals surface area contributed by atoms with Crippen molar-refractivity contribution < 1.29 is 13.9 Å². The molecule has 2 atom stereocenters. The highest BCUT2D eigenvalue weighted by Gasteiger charge is 2.26. The summed E-state index contributed by atoms with van der Waals surface area (Å²) in [6, 6.07) is 4.28. The highest BCUT2D eigenvalue weighted by molar-refractivity contribution is 5.18. The van der Waals surface area contributed by atoms with Crippen molar-refractivity contribution in [3.63, 3.8) is 0 Å². The highest BCUT2D eigenvalue weighted by atomic mass is 19.2. The van der Waals surface area contributed by atoms with E-state index in [9.17, 15) is 13.9 Å². The molecule has 1 aromatic carbocycles. The molecular formula is C14H19F2NO. The standard InChI is InChI=1S/C14H19F2NO/c1-2-10-8-17(7-6-13(10)18)9-11-4-3-5-12(15)14(11)16/h3-5,10,13,18H,2,6-9H2,1H3. The van der Waals surface area contributed by atoms with E-state index < -0.39 is 11.6 Å². The molecule has 1 N–H and O–H groups in total. The Morgan fingerprint density at radius 1 is 1.39 bits per heavy atom. The van der Waals surface area contributed by atoms with Crippen LogP contribution < -0.4 is 0 Å². The third-order valence-electron chi connectivity index (χ3n) is 3.73. The number of benzene rings is 1. The van der Waals surface area contributed by atoms with Crippen LogP contribution in [0.1, 0.15) is 25.3 Å². The van der Waals surface area contributed by atoms with E-state index in [1.807, 2.05) is 6.92 Å². The average molecular weight is 255 g/mol. The Hall–Kier alpha value is -1.00. The monoisotopic (exact) mass is 255 g/mol. The molecule has 0 saturated carbocycles. The summed E-state index contributed by atoms with van der Waals surface area (Å²) in [5, 5.41) is 9.79. The maximum Gasteiger partial charge on any atom is 0.163 e. The molecule has 0 bridgehead atoms. The molecule has 1 fully saturated rings. The van der Waals surface area contributed by atoms with Crippen molar-refractivity contribution in [3.8, 4) is 0 Å². The summed E-state index contributed by atoms with van der Waals surface area (Å²) in [6.07, 6.45) is 1.35. The van der Waals surface area contributed by atoms with E-state index in [4.69, 9.17) is 0 Å². The van der Waals surface area contributed by atoms with E-state index >= 15 is 0 Å². The zero-order valence-corrected chi connectivity index (χ0v) is 10.6. The van der Waals surface area contributed by atoms with Crippen molar-refractivity contribution in [2.45, 2.75) is 32.4 Å². The molecule has 1 aromatic rings. The van der Waals surface area contributed by atoms with Gasteiger partial charge in [-0.25, -0.2) is 8.78 Å². The fourth-order valence-corrected chi connectivity index (χ4v) is 2.55. The number of aliphatic hydroxyl groups excluding tert-OH is 1. The Morgan fingerprint density at radius 3 is 2.89 bits per heavy atom. The second kappa shape index (κ2) is 5.76. The topological polar surface area (TPSA) is 23.5 Å². The van der Waals surface area contributed by atoms with Crippen molar-refractivity contribution in [2.75, 3.05) is 13.1 Å². The maximum atomic E-state index is 13.6. The molecule has 100 valence electrons. The maximum absolute atomic E-state index is 13.6. The predicted molar refractivity (Wildman–Crippen MR) is 66.0 cm³/mol. The number of hydrogen-bond donors (Lipinski definition) is 1. The van der Waals surface area contributed by atoms with Crippen LogP contribution in [0.25, 0.3) is 0 Å². The third-order valence-corrected chi connectivity index (χ3v) is 3.73. The van der Waals surface area contributed by atoms with Gasteiger partial charge in [-0.05, 0) is 24.8 Å². The fraction of sp³-hybridized carbons (Fsp3) is 0.571. The summed E-state index contributed by atoms with van der Waals surface area (Å²) in [6.45, 7) is 3.92. The Bertz CT molecular complexity index is 411. The average Bonchev–Trinajstić information content (AvgIpc) is 2.37. The zero-order chi connectivity index (χ0) is 13.1. The number of halogens is 2. The van der Waals surface area contributed by atoms with Gasteiger partial charge in [0.25, 0.3) is 0 Å². The summed E-state index contributed by atoms with van der Waals surface area (Å²) < 4.78 is 26.7. The molecule has 0 aliphatic carbocycles. The molecule has 2 rings (SSSR count). The van der Waals surface area contributed by atoms with Crippen molar-refractivity contribution in [2.24, 2.45) is 5.92 Å². The van der Waals surface area contributed by atoms with Gasteiger partial charge in [-0.3, -0.25) is 4.90 Å². The fourth-order valence-electron chi connectivity index (χ4n) is 2.55. The Morgan fingerprint density at radius 2 is 2.17 bits per heavy atom. The number of aliphatic hydroxyl groups is 1. The number of likely N-dealkylation sites (tertiary alicyclic amines) is 1. The van der Waals surface area contributed by atoms with Crippen LogP contribution >= 0.6 is 0 Å². The molecule has 0 aromatic heterocycles. The van der Waals surface area contributed by atoms with E-state index in [1.54, 1.807) is 6.07 Å². The lowest BCUT2D eigenvalue weighted by molar-refractivity contribution is 0.0218. The molecule has 0 amide bonds. The zero-order valence-electron chi connectivity index (χ0n) is 10.6. The van der Waals surface area contributed by atoms with Gasteiger partial charge in [0, 0.05) is 25.2 Å². The summed E-state index contributed by atoms with van der Waals surface area (Å²) >= 11 is 0. The molecule has 1 aliphatic heterocycles. The van der Waals surface area contributed by atoms with Gasteiger partial charge in [-0.2, -0.15) is 0 Å². The summed E-state index contributed by atoms with van der Waals surface area (Å²) in [5.41, 5.74) is 0.390. The van der Waals surface area contributed by atoms with Gasteiger partial charge in [-0.1, -0.05) is 19.1 Å². The van der Waals surface area contributed by atoms with Crippen LogP contribution in [-0.4, -0.2) is 29.2 Å². The second-order valence-electron chi connectivity index (χ2n) is 4.97. The first-order valence-electron chi connectivity index (χ1n) is 6.45. The smallest absolute Gasteiger partial charge is 0.163 e. The molecular weight excluding hydrogens is 236 g/mol. The molecule has 2 nitrogen and oxygen atoms in total. The summed E-state index contributed by atoms with van der Waals surface area (Å²) in [7, 11) is 0. The van der Waals surface area contributed by atoms with Gasteiger partial charge in [0.15, 0.2) is 11.6 Å². The van der Waals surface area contributed by atoms with Crippen LogP contribution in [0.5, 0.6) is 0 Å². The van der Waals surface area contributed by atoms with E-state index in [0.717, 1.165) is 25.6 Å². The minimum Gasteiger partial charge on any atom is -0.393 e. The minimum absolute atomic E-state index is 0.232. The molecule has 1 heterocycles. The molecule has 2 unspecified atom stereocenters. The van der Waals surface area contributed by atoms with Crippen LogP contribution in [0.3, 0.4) is 0 Å². The van der Waals surface area contributed by atoms with E-state index in [-0.39, 0.29) is 12.0 Å². The number of piperidine rings is 1. The normalized spacial score (nSPS) is 25.3. The summed E-state index contributed by atoms with van der Waals surface area (Å²) in [5.74, 6) is -1.32. The van der Waals surface area contributed by atoms with E-state index in [0.29, 0.717) is 18.5 Å². The van der Waals surface area contributed by atoms with Crippen LogP contribution in [0, 0.1) is 17.6 Å². The Labute approximate surface area is 106 Å². The quantitative estimate of drug-likeness (QED) is 0.897. The lowest BCUT2D eigenvalue weighted by atomic mass is 9.92. The van der Waals surface area contributed by atoms with Gasteiger partial charge >= 0.3 is 0 Å². The first-order chi connectivity index (χ1) is 8.61. The van der Waals surface area contributed by atoms with Crippen LogP contribution in [0.4, 0.5) is 8.78 Å². The van der Waals surface area contributed by atoms with Gasteiger partial charge in [-0.15, -0.1) is 0 Å². The highest BCUT2D eigenvalue weighted by Crippen LogP contribution is 2.22. The van der Waals surface area contributed by atoms with Crippen molar-refractivity contribution >= 4 is 0 Å². The van der Waals surface area contributed by atoms with Crippen molar-refractivity contribution in [3.05, 3.63) is 35.4 Å². The summed E-state index contributed by atoms with van der Waals surface area (Å²) in [4.78, 5) is 2.08. The molecule has 1 saturated heterocycles. The first kappa shape index (κ1) is 13.4.